The van der Waals surface area contributed by atoms with E-state index in [9.17, 15) is 13.2 Å². The molecule has 0 aromatic carbocycles. The molecule has 0 aliphatic carbocycles. The molecule has 4 nitrogen and oxygen atoms in total. The maximum Gasteiger partial charge on any atom is 0.417 e. The molecule has 2 aromatic heterocycles. The van der Waals surface area contributed by atoms with Crippen LogP contribution in [0, 0.1) is 0 Å². The molecule has 0 amide bonds. The number of halogens is 3. The largest absolute Gasteiger partial charge is 0.417 e. The van der Waals surface area contributed by atoms with Gasteiger partial charge in [0.2, 0.25) is 0 Å². The highest BCUT2D eigenvalue weighted by atomic mass is 19.4. The van der Waals surface area contributed by atoms with E-state index >= 15 is 0 Å². The third-order valence-corrected chi connectivity index (χ3v) is 3.10. The molecule has 2 aromatic rings. The fraction of sp³-hybridized carbons (Fsp3) is 0.455. The molecule has 18 heavy (non-hydrogen) atoms. The van der Waals surface area contributed by atoms with Gasteiger partial charge in [-0.3, -0.25) is 0 Å². The molecular weight excluding hydrogens is 245 g/mol. The van der Waals surface area contributed by atoms with E-state index in [1.54, 1.807) is 0 Å². The van der Waals surface area contributed by atoms with E-state index in [0.29, 0.717) is 11.5 Å². The van der Waals surface area contributed by atoms with Crippen molar-refractivity contribution in [2.45, 2.75) is 18.5 Å². The maximum absolute atomic E-state index is 12.6. The van der Waals surface area contributed by atoms with E-state index in [0.717, 1.165) is 31.8 Å². The van der Waals surface area contributed by atoms with Crippen molar-refractivity contribution in [2.75, 3.05) is 13.1 Å². The van der Waals surface area contributed by atoms with Crippen molar-refractivity contribution in [3.63, 3.8) is 0 Å². The summed E-state index contributed by atoms with van der Waals surface area (Å²) in [6.07, 6.45) is -2.45. The third-order valence-electron chi connectivity index (χ3n) is 3.10. The Kier molecular flexibility index (Phi) is 2.51. The summed E-state index contributed by atoms with van der Waals surface area (Å²) in [5, 5.41) is 7.32. The van der Waals surface area contributed by atoms with Gasteiger partial charge in [0.1, 0.15) is 0 Å². The minimum Gasteiger partial charge on any atom is -0.316 e. The Morgan fingerprint density at radius 1 is 1.33 bits per heavy atom. The van der Waals surface area contributed by atoms with Gasteiger partial charge in [-0.15, -0.1) is 0 Å². The van der Waals surface area contributed by atoms with Crippen LogP contribution in [-0.2, 0) is 6.18 Å². The SMILES string of the molecule is FC(F)(F)c1ccc2nc(C3CCNC3)nn2c1. The number of fused-ring (bicyclic) bond motifs is 1. The lowest BCUT2D eigenvalue weighted by atomic mass is 10.1. The fourth-order valence-corrected chi connectivity index (χ4v) is 2.12. The maximum atomic E-state index is 12.6. The summed E-state index contributed by atoms with van der Waals surface area (Å²) in [6, 6.07) is 2.38. The quantitative estimate of drug-likeness (QED) is 0.846. The number of hydrogen-bond donors (Lipinski definition) is 1. The second-order valence-corrected chi connectivity index (χ2v) is 4.38. The highest BCUT2D eigenvalue weighted by molar-refractivity contribution is 5.39. The van der Waals surface area contributed by atoms with E-state index in [-0.39, 0.29) is 5.92 Å². The molecule has 0 radical (unpaired) electrons. The van der Waals surface area contributed by atoms with Gasteiger partial charge in [0.05, 0.1) is 5.56 Å². The predicted molar refractivity (Wildman–Crippen MR) is 58.2 cm³/mol. The molecule has 1 N–H and O–H groups in total. The van der Waals surface area contributed by atoms with Crippen LogP contribution in [0.2, 0.25) is 0 Å². The van der Waals surface area contributed by atoms with Gasteiger partial charge in [0.15, 0.2) is 11.5 Å². The first-order valence-corrected chi connectivity index (χ1v) is 5.68. The van der Waals surface area contributed by atoms with Crippen molar-refractivity contribution in [3.8, 4) is 0 Å². The second kappa shape index (κ2) is 3.94. The molecule has 1 aliphatic heterocycles. The van der Waals surface area contributed by atoms with Crippen LogP contribution >= 0.6 is 0 Å². The Morgan fingerprint density at radius 3 is 2.83 bits per heavy atom. The van der Waals surface area contributed by atoms with E-state index in [1.165, 1.54) is 10.6 Å². The zero-order valence-electron chi connectivity index (χ0n) is 9.41. The van der Waals surface area contributed by atoms with Crippen molar-refractivity contribution < 1.29 is 13.2 Å². The van der Waals surface area contributed by atoms with Crippen LogP contribution in [-0.4, -0.2) is 27.7 Å². The van der Waals surface area contributed by atoms with E-state index < -0.39 is 11.7 Å². The molecule has 1 aliphatic rings. The lowest BCUT2D eigenvalue weighted by Gasteiger charge is -2.05. The number of rotatable bonds is 1. The highest BCUT2D eigenvalue weighted by Crippen LogP contribution is 2.29. The number of pyridine rings is 1. The third kappa shape index (κ3) is 1.94. The van der Waals surface area contributed by atoms with Gasteiger partial charge in [0.25, 0.3) is 0 Å². The smallest absolute Gasteiger partial charge is 0.316 e. The van der Waals surface area contributed by atoms with Gasteiger partial charge in [-0.1, -0.05) is 0 Å². The molecule has 1 fully saturated rings. The number of alkyl halides is 3. The Labute approximate surface area is 101 Å². The number of nitrogens with zero attached hydrogens (tertiary/aromatic N) is 3. The average Bonchev–Trinajstić information content (AvgIpc) is 2.95. The minimum absolute atomic E-state index is 0.194. The minimum atomic E-state index is -4.35. The lowest BCUT2D eigenvalue weighted by molar-refractivity contribution is -0.137. The predicted octanol–water partition coefficient (Wildman–Crippen LogP) is 1.82. The summed E-state index contributed by atoms with van der Waals surface area (Å²) < 4.78 is 38.9. The van der Waals surface area contributed by atoms with Gasteiger partial charge in [-0.05, 0) is 25.1 Å². The van der Waals surface area contributed by atoms with Crippen molar-refractivity contribution in [1.82, 2.24) is 19.9 Å². The Hall–Kier alpha value is -1.63. The standard InChI is InChI=1S/C11H11F3N4/c12-11(13,14)8-1-2-9-16-10(17-18(9)6-8)7-3-4-15-5-7/h1-2,6-7,15H,3-5H2. The van der Waals surface area contributed by atoms with Crippen LogP contribution in [0.5, 0.6) is 0 Å². The van der Waals surface area contributed by atoms with Gasteiger partial charge >= 0.3 is 6.18 Å². The molecule has 7 heteroatoms. The first-order chi connectivity index (χ1) is 8.54. The van der Waals surface area contributed by atoms with E-state index in [2.05, 4.69) is 15.4 Å². The van der Waals surface area contributed by atoms with Crippen LogP contribution in [0.25, 0.3) is 5.65 Å². The van der Waals surface area contributed by atoms with Crippen molar-refractivity contribution in [2.24, 2.45) is 0 Å². The van der Waals surface area contributed by atoms with Gasteiger partial charge in [-0.25, -0.2) is 9.50 Å². The van der Waals surface area contributed by atoms with Crippen LogP contribution < -0.4 is 5.32 Å². The monoisotopic (exact) mass is 256 g/mol. The summed E-state index contributed by atoms with van der Waals surface area (Å²) in [5.74, 6) is 0.804. The van der Waals surface area contributed by atoms with Crippen molar-refractivity contribution >= 4 is 5.65 Å². The summed E-state index contributed by atoms with van der Waals surface area (Å²) in [7, 11) is 0. The Balaban J connectivity index is 2.01. The molecule has 0 saturated carbocycles. The Bertz CT molecular complexity index is 569. The summed E-state index contributed by atoms with van der Waals surface area (Å²) in [6.45, 7) is 1.68. The average molecular weight is 256 g/mol. The summed E-state index contributed by atoms with van der Waals surface area (Å²) in [4.78, 5) is 4.26. The topological polar surface area (TPSA) is 42.2 Å². The molecule has 0 spiro atoms. The lowest BCUT2D eigenvalue weighted by Crippen LogP contribution is -2.09. The molecule has 3 rings (SSSR count). The number of aromatic nitrogens is 3. The fourth-order valence-electron chi connectivity index (χ4n) is 2.12. The molecule has 96 valence electrons. The molecule has 0 bridgehead atoms. The summed E-state index contributed by atoms with van der Waals surface area (Å²) in [5.41, 5.74) is -0.263. The van der Waals surface area contributed by atoms with Crippen molar-refractivity contribution in [1.29, 1.82) is 0 Å². The van der Waals surface area contributed by atoms with Gasteiger partial charge < -0.3 is 5.32 Å². The van der Waals surface area contributed by atoms with E-state index in [4.69, 9.17) is 0 Å². The summed E-state index contributed by atoms with van der Waals surface area (Å²) >= 11 is 0. The van der Waals surface area contributed by atoms with Crippen LogP contribution in [0.4, 0.5) is 13.2 Å². The van der Waals surface area contributed by atoms with Crippen LogP contribution in [0.1, 0.15) is 23.7 Å². The first-order valence-electron chi connectivity index (χ1n) is 5.68. The highest BCUT2D eigenvalue weighted by Gasteiger charge is 2.31. The second-order valence-electron chi connectivity index (χ2n) is 4.38. The van der Waals surface area contributed by atoms with Gasteiger partial charge in [0, 0.05) is 18.7 Å². The first kappa shape index (κ1) is 11.5. The number of nitrogens with one attached hydrogen (secondary N) is 1. The van der Waals surface area contributed by atoms with Gasteiger partial charge in [-0.2, -0.15) is 18.3 Å². The van der Waals surface area contributed by atoms with E-state index in [1.807, 2.05) is 0 Å². The zero-order chi connectivity index (χ0) is 12.8. The van der Waals surface area contributed by atoms with Crippen LogP contribution in [0.3, 0.4) is 0 Å². The molecule has 1 atom stereocenters. The Morgan fingerprint density at radius 2 is 2.17 bits per heavy atom. The molecular formula is C11H11F3N4. The molecule has 1 unspecified atom stereocenters. The normalized spacial score (nSPS) is 20.7. The molecule has 1 saturated heterocycles. The zero-order valence-corrected chi connectivity index (χ0v) is 9.41. The van der Waals surface area contributed by atoms with Crippen LogP contribution in [0.15, 0.2) is 18.3 Å². The molecule has 3 heterocycles. The number of hydrogen-bond acceptors (Lipinski definition) is 3. The van der Waals surface area contributed by atoms with Crippen molar-refractivity contribution in [3.05, 3.63) is 29.7 Å².